The third kappa shape index (κ3) is 2.27. The molecule has 2 heteroatoms. The number of nitrogens with two attached hydrogens (primary N) is 1. The third-order valence-electron chi connectivity index (χ3n) is 2.95. The molecule has 0 radical (unpaired) electrons. The summed E-state index contributed by atoms with van der Waals surface area (Å²) in [6, 6.07) is 6.48. The van der Waals surface area contributed by atoms with E-state index >= 15 is 0 Å². The average molecular weight is 217 g/mol. The molecule has 0 atom stereocenters. The quantitative estimate of drug-likeness (QED) is 0.834. The van der Waals surface area contributed by atoms with Crippen LogP contribution in [0.1, 0.15) is 30.9 Å². The molecule has 86 valence electrons. The summed E-state index contributed by atoms with van der Waals surface area (Å²) >= 11 is 0. The molecule has 1 aromatic carbocycles. The largest absolute Gasteiger partial charge is 0.464 e. The van der Waals surface area contributed by atoms with Gasteiger partial charge in [-0.15, -0.1) is 0 Å². The Labute approximate surface area is 96.4 Å². The van der Waals surface area contributed by atoms with Crippen molar-refractivity contribution in [1.82, 2.24) is 0 Å². The van der Waals surface area contributed by atoms with Gasteiger partial charge in [-0.2, -0.15) is 0 Å². The van der Waals surface area contributed by atoms with Crippen molar-refractivity contribution >= 4 is 11.0 Å². The zero-order valence-corrected chi connectivity index (χ0v) is 9.83. The van der Waals surface area contributed by atoms with Crippen LogP contribution >= 0.6 is 0 Å². The number of unbranched alkanes of at least 4 members (excludes halogenated alkanes) is 1. The zero-order valence-electron chi connectivity index (χ0n) is 9.83. The summed E-state index contributed by atoms with van der Waals surface area (Å²) in [5.41, 5.74) is 9.19. The second-order valence-electron chi connectivity index (χ2n) is 4.23. The SMILES string of the molecule is CCCCc1ccc2occ(CCN)c2c1. The van der Waals surface area contributed by atoms with E-state index in [1.807, 2.05) is 6.26 Å². The van der Waals surface area contributed by atoms with Crippen LogP contribution in [0.2, 0.25) is 0 Å². The van der Waals surface area contributed by atoms with Crippen LogP contribution in [-0.4, -0.2) is 6.54 Å². The van der Waals surface area contributed by atoms with E-state index in [1.165, 1.54) is 29.4 Å². The van der Waals surface area contributed by atoms with E-state index in [9.17, 15) is 0 Å². The molecule has 1 heterocycles. The highest BCUT2D eigenvalue weighted by Crippen LogP contribution is 2.23. The van der Waals surface area contributed by atoms with E-state index < -0.39 is 0 Å². The fourth-order valence-electron chi connectivity index (χ4n) is 2.01. The van der Waals surface area contributed by atoms with Gasteiger partial charge in [0.2, 0.25) is 0 Å². The van der Waals surface area contributed by atoms with Crippen molar-refractivity contribution < 1.29 is 4.42 Å². The molecule has 2 aromatic rings. The van der Waals surface area contributed by atoms with Crippen molar-refractivity contribution in [2.75, 3.05) is 6.54 Å². The fraction of sp³-hybridized carbons (Fsp3) is 0.429. The van der Waals surface area contributed by atoms with Crippen LogP contribution in [0, 0.1) is 0 Å². The maximum absolute atomic E-state index is 5.59. The van der Waals surface area contributed by atoms with Gasteiger partial charge >= 0.3 is 0 Å². The molecule has 0 unspecified atom stereocenters. The molecular weight excluding hydrogens is 198 g/mol. The van der Waals surface area contributed by atoms with Crippen LogP contribution < -0.4 is 5.73 Å². The molecule has 0 saturated heterocycles. The Bertz CT molecular complexity index is 459. The molecular formula is C14H19NO. The van der Waals surface area contributed by atoms with E-state index in [2.05, 4.69) is 25.1 Å². The number of fused-ring (bicyclic) bond motifs is 1. The monoisotopic (exact) mass is 217 g/mol. The van der Waals surface area contributed by atoms with Gasteiger partial charge < -0.3 is 10.2 Å². The summed E-state index contributed by atoms with van der Waals surface area (Å²) in [7, 11) is 0. The molecule has 16 heavy (non-hydrogen) atoms. The van der Waals surface area contributed by atoms with Gasteiger partial charge in [0.15, 0.2) is 0 Å². The van der Waals surface area contributed by atoms with Crippen molar-refractivity contribution in [3.8, 4) is 0 Å². The van der Waals surface area contributed by atoms with E-state index in [4.69, 9.17) is 10.2 Å². The molecule has 0 aliphatic rings. The minimum atomic E-state index is 0.674. The number of furan rings is 1. The van der Waals surface area contributed by atoms with Crippen LogP contribution in [0.3, 0.4) is 0 Å². The Morgan fingerprint density at radius 1 is 1.25 bits per heavy atom. The first kappa shape index (κ1) is 11.2. The van der Waals surface area contributed by atoms with Gasteiger partial charge in [0.25, 0.3) is 0 Å². The number of rotatable bonds is 5. The predicted molar refractivity (Wildman–Crippen MR) is 67.6 cm³/mol. The van der Waals surface area contributed by atoms with Gasteiger partial charge in [0, 0.05) is 5.39 Å². The molecule has 2 nitrogen and oxygen atoms in total. The zero-order chi connectivity index (χ0) is 11.4. The van der Waals surface area contributed by atoms with Gasteiger partial charge in [0.1, 0.15) is 5.58 Å². The van der Waals surface area contributed by atoms with Crippen molar-refractivity contribution in [3.63, 3.8) is 0 Å². The minimum Gasteiger partial charge on any atom is -0.464 e. The van der Waals surface area contributed by atoms with Gasteiger partial charge in [-0.25, -0.2) is 0 Å². The molecule has 0 fully saturated rings. The molecule has 0 amide bonds. The van der Waals surface area contributed by atoms with Gasteiger partial charge in [-0.3, -0.25) is 0 Å². The Morgan fingerprint density at radius 2 is 2.12 bits per heavy atom. The van der Waals surface area contributed by atoms with Crippen LogP contribution in [-0.2, 0) is 12.8 Å². The summed E-state index contributed by atoms with van der Waals surface area (Å²) in [5.74, 6) is 0. The maximum atomic E-state index is 5.59. The minimum absolute atomic E-state index is 0.674. The molecule has 1 aromatic heterocycles. The van der Waals surface area contributed by atoms with Crippen molar-refractivity contribution in [2.24, 2.45) is 5.73 Å². The van der Waals surface area contributed by atoms with Crippen LogP contribution in [0.4, 0.5) is 0 Å². The molecule has 0 spiro atoms. The molecule has 2 rings (SSSR count). The first-order valence-electron chi connectivity index (χ1n) is 6.04. The highest BCUT2D eigenvalue weighted by Gasteiger charge is 2.05. The van der Waals surface area contributed by atoms with Crippen molar-refractivity contribution in [2.45, 2.75) is 32.6 Å². The molecule has 0 saturated carbocycles. The summed E-state index contributed by atoms with van der Waals surface area (Å²) in [5, 5.41) is 1.24. The van der Waals surface area contributed by atoms with E-state index in [1.54, 1.807) is 0 Å². The lowest BCUT2D eigenvalue weighted by atomic mass is 10.0. The van der Waals surface area contributed by atoms with Gasteiger partial charge in [0.05, 0.1) is 6.26 Å². The summed E-state index contributed by atoms with van der Waals surface area (Å²) in [4.78, 5) is 0. The second-order valence-corrected chi connectivity index (χ2v) is 4.23. The van der Waals surface area contributed by atoms with Crippen molar-refractivity contribution in [1.29, 1.82) is 0 Å². The van der Waals surface area contributed by atoms with Crippen molar-refractivity contribution in [3.05, 3.63) is 35.6 Å². The molecule has 0 aliphatic carbocycles. The number of aryl methyl sites for hydroxylation is 1. The molecule has 0 aliphatic heterocycles. The van der Waals surface area contributed by atoms with Crippen LogP contribution in [0.25, 0.3) is 11.0 Å². The average Bonchev–Trinajstić information content (AvgIpc) is 2.70. The Morgan fingerprint density at radius 3 is 2.88 bits per heavy atom. The Balaban J connectivity index is 2.30. The lowest BCUT2D eigenvalue weighted by Gasteiger charge is -2.00. The number of hydrogen-bond donors (Lipinski definition) is 1. The highest BCUT2D eigenvalue weighted by atomic mass is 16.3. The predicted octanol–water partition coefficient (Wildman–Crippen LogP) is 3.28. The van der Waals surface area contributed by atoms with E-state index in [0.29, 0.717) is 6.54 Å². The summed E-state index contributed by atoms with van der Waals surface area (Å²) in [6.07, 6.45) is 6.36. The molecule has 2 N–H and O–H groups in total. The lowest BCUT2D eigenvalue weighted by Crippen LogP contribution is -2.01. The second kappa shape index (κ2) is 5.17. The maximum Gasteiger partial charge on any atom is 0.134 e. The Hall–Kier alpha value is -1.28. The van der Waals surface area contributed by atoms with Gasteiger partial charge in [-0.1, -0.05) is 19.4 Å². The van der Waals surface area contributed by atoms with E-state index in [0.717, 1.165) is 18.4 Å². The van der Waals surface area contributed by atoms with Gasteiger partial charge in [-0.05, 0) is 49.1 Å². The first-order chi connectivity index (χ1) is 7.85. The summed E-state index contributed by atoms with van der Waals surface area (Å²) < 4.78 is 5.51. The molecule has 0 bridgehead atoms. The van der Waals surface area contributed by atoms with E-state index in [-0.39, 0.29) is 0 Å². The third-order valence-corrected chi connectivity index (χ3v) is 2.95. The first-order valence-corrected chi connectivity index (χ1v) is 6.04. The van der Waals surface area contributed by atoms with Crippen LogP contribution in [0.15, 0.2) is 28.9 Å². The summed E-state index contributed by atoms with van der Waals surface area (Å²) in [6.45, 7) is 2.89. The normalized spacial score (nSPS) is 11.1. The smallest absolute Gasteiger partial charge is 0.134 e. The fourth-order valence-corrected chi connectivity index (χ4v) is 2.01. The number of benzene rings is 1. The van der Waals surface area contributed by atoms with Crippen LogP contribution in [0.5, 0.6) is 0 Å². The number of hydrogen-bond acceptors (Lipinski definition) is 2. The topological polar surface area (TPSA) is 39.2 Å². The highest BCUT2D eigenvalue weighted by molar-refractivity contribution is 5.81. The Kier molecular flexibility index (Phi) is 3.62. The lowest BCUT2D eigenvalue weighted by molar-refractivity contribution is 0.610. The standard InChI is InChI=1S/C14H19NO/c1-2-3-4-11-5-6-14-13(9-11)12(7-8-15)10-16-14/h5-6,9-10H,2-4,7-8,15H2,1H3.